The zero-order valence-corrected chi connectivity index (χ0v) is 15.9. The van der Waals surface area contributed by atoms with Crippen LogP contribution < -0.4 is 0 Å². The van der Waals surface area contributed by atoms with E-state index >= 15 is 0 Å². The van der Waals surface area contributed by atoms with E-state index in [9.17, 15) is 9.59 Å². The minimum Gasteiger partial charge on any atom is -0.457 e. The molecule has 0 aliphatic carbocycles. The van der Waals surface area contributed by atoms with Gasteiger partial charge in [-0.2, -0.15) is 0 Å². The van der Waals surface area contributed by atoms with Gasteiger partial charge in [-0.05, 0) is 44.4 Å². The Kier molecular flexibility index (Phi) is 9.66. The van der Waals surface area contributed by atoms with Gasteiger partial charge in [0, 0.05) is 6.54 Å². The van der Waals surface area contributed by atoms with Gasteiger partial charge in [-0.3, -0.25) is 0 Å². The lowest BCUT2D eigenvalue weighted by Crippen LogP contribution is -2.39. The monoisotopic (exact) mass is 349 g/mol. The van der Waals surface area contributed by atoms with Crippen LogP contribution in [0, 0.1) is 0 Å². The van der Waals surface area contributed by atoms with Gasteiger partial charge in [-0.25, -0.2) is 9.59 Å². The molecular formula is C20H31NO4. The van der Waals surface area contributed by atoms with Crippen molar-refractivity contribution in [2.45, 2.75) is 59.5 Å². The number of rotatable bonds is 10. The first-order valence-electron chi connectivity index (χ1n) is 9.27. The summed E-state index contributed by atoms with van der Waals surface area (Å²) in [5.74, 6) is -0.346. The first kappa shape index (κ1) is 21.0. The summed E-state index contributed by atoms with van der Waals surface area (Å²) < 4.78 is 10.7. The molecule has 140 valence electrons. The van der Waals surface area contributed by atoms with Crippen molar-refractivity contribution in [3.05, 3.63) is 35.4 Å². The third kappa shape index (κ3) is 7.16. The van der Waals surface area contributed by atoms with Crippen molar-refractivity contribution in [2.75, 3.05) is 19.7 Å². The van der Waals surface area contributed by atoms with Crippen LogP contribution in [0.1, 0.15) is 62.9 Å². The van der Waals surface area contributed by atoms with E-state index in [0.29, 0.717) is 31.7 Å². The highest BCUT2D eigenvalue weighted by Crippen LogP contribution is 2.12. The van der Waals surface area contributed by atoms with Gasteiger partial charge in [-0.1, -0.05) is 38.8 Å². The lowest BCUT2D eigenvalue weighted by Gasteiger charge is -2.25. The van der Waals surface area contributed by atoms with Crippen molar-refractivity contribution in [1.82, 2.24) is 4.90 Å². The molecule has 0 heterocycles. The van der Waals surface area contributed by atoms with E-state index in [-0.39, 0.29) is 18.2 Å². The standard InChI is InChI=1S/C20H31NO4/c1-5-9-16-11-13-17(14-12-16)19(22)25-18(10-6-2)15-21(7-3)20(23)24-8-4/h11-14,18H,5-10,15H2,1-4H3. The number of likely N-dealkylation sites (N-methyl/N-ethyl adjacent to an activating group) is 1. The summed E-state index contributed by atoms with van der Waals surface area (Å²) in [5, 5.41) is 0. The number of carbonyl (C=O) groups excluding carboxylic acids is 2. The minimum atomic E-state index is -0.369. The molecule has 1 unspecified atom stereocenters. The molecule has 5 heteroatoms. The van der Waals surface area contributed by atoms with Crippen molar-refractivity contribution >= 4 is 12.1 Å². The fourth-order valence-electron chi connectivity index (χ4n) is 2.62. The van der Waals surface area contributed by atoms with Gasteiger partial charge in [-0.15, -0.1) is 0 Å². The lowest BCUT2D eigenvalue weighted by atomic mass is 10.1. The van der Waals surface area contributed by atoms with Crippen LogP contribution in [-0.4, -0.2) is 42.8 Å². The maximum Gasteiger partial charge on any atom is 0.409 e. The molecule has 1 rings (SSSR count). The maximum atomic E-state index is 12.4. The molecule has 0 aliphatic heterocycles. The molecule has 0 radical (unpaired) electrons. The number of nitrogens with zero attached hydrogens (tertiary/aromatic N) is 1. The molecule has 1 amide bonds. The van der Waals surface area contributed by atoms with Crippen LogP contribution in [0.2, 0.25) is 0 Å². The predicted molar refractivity (Wildman–Crippen MR) is 98.8 cm³/mol. The molecule has 1 atom stereocenters. The van der Waals surface area contributed by atoms with E-state index in [2.05, 4.69) is 6.92 Å². The Morgan fingerprint density at radius 3 is 2.24 bits per heavy atom. The molecule has 0 aromatic heterocycles. The van der Waals surface area contributed by atoms with Crippen LogP contribution in [0.4, 0.5) is 4.79 Å². The van der Waals surface area contributed by atoms with Crippen molar-refractivity contribution in [3.8, 4) is 0 Å². The van der Waals surface area contributed by atoms with Crippen LogP contribution in [0.25, 0.3) is 0 Å². The third-order valence-electron chi connectivity index (χ3n) is 3.94. The highest BCUT2D eigenvalue weighted by molar-refractivity contribution is 5.89. The summed E-state index contributed by atoms with van der Waals surface area (Å²) in [4.78, 5) is 25.9. The number of hydrogen-bond donors (Lipinski definition) is 0. The Hall–Kier alpha value is -2.04. The average Bonchev–Trinajstić information content (AvgIpc) is 2.60. The Morgan fingerprint density at radius 1 is 1.04 bits per heavy atom. The second kappa shape index (κ2) is 11.5. The average molecular weight is 349 g/mol. The second-order valence-electron chi connectivity index (χ2n) is 6.00. The largest absolute Gasteiger partial charge is 0.457 e. The summed E-state index contributed by atoms with van der Waals surface area (Å²) in [7, 11) is 0. The highest BCUT2D eigenvalue weighted by atomic mass is 16.6. The van der Waals surface area contributed by atoms with E-state index in [4.69, 9.17) is 9.47 Å². The van der Waals surface area contributed by atoms with Crippen molar-refractivity contribution in [2.24, 2.45) is 0 Å². The van der Waals surface area contributed by atoms with Crippen LogP contribution in [-0.2, 0) is 15.9 Å². The quantitative estimate of drug-likeness (QED) is 0.586. The Balaban J connectivity index is 2.71. The number of ether oxygens (including phenoxy) is 2. The molecule has 0 saturated heterocycles. The van der Waals surface area contributed by atoms with E-state index in [1.807, 2.05) is 26.0 Å². The van der Waals surface area contributed by atoms with Crippen LogP contribution in [0.5, 0.6) is 0 Å². The van der Waals surface area contributed by atoms with Gasteiger partial charge >= 0.3 is 12.1 Å². The second-order valence-corrected chi connectivity index (χ2v) is 6.00. The summed E-state index contributed by atoms with van der Waals surface area (Å²) in [6.45, 7) is 9.01. The molecule has 25 heavy (non-hydrogen) atoms. The predicted octanol–water partition coefficient (Wildman–Crippen LogP) is 4.44. The summed E-state index contributed by atoms with van der Waals surface area (Å²) in [6.07, 6.45) is 2.94. The van der Waals surface area contributed by atoms with Gasteiger partial charge in [0.15, 0.2) is 0 Å². The zero-order chi connectivity index (χ0) is 18.7. The first-order valence-corrected chi connectivity index (χ1v) is 9.27. The molecule has 0 bridgehead atoms. The van der Waals surface area contributed by atoms with E-state index in [0.717, 1.165) is 19.3 Å². The molecule has 0 fully saturated rings. The maximum absolute atomic E-state index is 12.4. The number of benzene rings is 1. The number of carbonyl (C=O) groups is 2. The van der Waals surface area contributed by atoms with E-state index in [1.54, 1.807) is 24.0 Å². The fraction of sp³-hybridized carbons (Fsp3) is 0.600. The molecule has 1 aromatic rings. The third-order valence-corrected chi connectivity index (χ3v) is 3.94. The molecule has 1 aromatic carbocycles. The summed E-state index contributed by atoms with van der Waals surface area (Å²) in [6, 6.07) is 7.54. The number of amides is 1. The fourth-order valence-corrected chi connectivity index (χ4v) is 2.62. The molecule has 0 saturated carbocycles. The number of aryl methyl sites for hydroxylation is 1. The minimum absolute atomic E-state index is 0.331. The van der Waals surface area contributed by atoms with Gasteiger partial charge < -0.3 is 14.4 Å². The zero-order valence-electron chi connectivity index (χ0n) is 15.9. The summed E-state index contributed by atoms with van der Waals surface area (Å²) in [5.41, 5.74) is 1.75. The Bertz CT molecular complexity index is 527. The molecule has 0 N–H and O–H groups in total. The number of esters is 1. The first-order chi connectivity index (χ1) is 12.0. The number of hydrogen-bond acceptors (Lipinski definition) is 4. The molecule has 0 aliphatic rings. The van der Waals surface area contributed by atoms with Crippen molar-refractivity contribution < 1.29 is 19.1 Å². The SMILES string of the molecule is CCCc1ccc(C(=O)OC(CCC)CN(CC)C(=O)OCC)cc1. The van der Waals surface area contributed by atoms with Gasteiger partial charge in [0.05, 0.1) is 18.7 Å². The van der Waals surface area contributed by atoms with Crippen molar-refractivity contribution in [3.63, 3.8) is 0 Å². The molecule has 0 spiro atoms. The van der Waals surface area contributed by atoms with E-state index in [1.165, 1.54) is 5.56 Å². The topological polar surface area (TPSA) is 55.8 Å². The lowest BCUT2D eigenvalue weighted by molar-refractivity contribution is 0.0165. The van der Waals surface area contributed by atoms with Gasteiger partial charge in [0.25, 0.3) is 0 Å². The van der Waals surface area contributed by atoms with Crippen LogP contribution in [0.3, 0.4) is 0 Å². The summed E-state index contributed by atoms with van der Waals surface area (Å²) >= 11 is 0. The molecule has 5 nitrogen and oxygen atoms in total. The Labute approximate surface area is 151 Å². The van der Waals surface area contributed by atoms with Gasteiger partial charge in [0.2, 0.25) is 0 Å². The van der Waals surface area contributed by atoms with E-state index < -0.39 is 0 Å². The molecular weight excluding hydrogens is 318 g/mol. The van der Waals surface area contributed by atoms with Crippen LogP contribution in [0.15, 0.2) is 24.3 Å². The van der Waals surface area contributed by atoms with Gasteiger partial charge in [0.1, 0.15) is 6.10 Å². The van der Waals surface area contributed by atoms with Crippen LogP contribution >= 0.6 is 0 Å². The Morgan fingerprint density at radius 2 is 1.72 bits per heavy atom. The smallest absolute Gasteiger partial charge is 0.409 e. The van der Waals surface area contributed by atoms with Crippen molar-refractivity contribution in [1.29, 1.82) is 0 Å². The normalized spacial score (nSPS) is 11.7. The highest BCUT2D eigenvalue weighted by Gasteiger charge is 2.22.